The molecule has 0 spiro atoms. The zero-order valence-corrected chi connectivity index (χ0v) is 19.1. The van der Waals surface area contributed by atoms with Crippen LogP contribution in [0.25, 0.3) is 0 Å². The van der Waals surface area contributed by atoms with Gasteiger partial charge in [0.05, 0.1) is 18.2 Å². The van der Waals surface area contributed by atoms with Crippen molar-refractivity contribution in [1.82, 2.24) is 15.1 Å². The van der Waals surface area contributed by atoms with Crippen LogP contribution in [0, 0.1) is 5.92 Å². The lowest BCUT2D eigenvalue weighted by Crippen LogP contribution is -2.58. The largest absolute Gasteiger partial charge is 0.416 e. The quantitative estimate of drug-likeness (QED) is 0.693. The van der Waals surface area contributed by atoms with Crippen LogP contribution in [0.2, 0.25) is 0 Å². The number of alkyl halides is 3. The Morgan fingerprint density at radius 1 is 1.00 bits per heavy atom. The van der Waals surface area contributed by atoms with E-state index in [4.69, 9.17) is 0 Å². The van der Waals surface area contributed by atoms with Crippen molar-refractivity contribution in [2.75, 3.05) is 26.2 Å². The van der Waals surface area contributed by atoms with Crippen molar-refractivity contribution < 1.29 is 22.8 Å². The van der Waals surface area contributed by atoms with E-state index in [1.54, 1.807) is 15.9 Å². The van der Waals surface area contributed by atoms with Crippen molar-refractivity contribution in [1.29, 1.82) is 0 Å². The molecule has 34 heavy (non-hydrogen) atoms. The van der Waals surface area contributed by atoms with Gasteiger partial charge in [0.15, 0.2) is 0 Å². The van der Waals surface area contributed by atoms with Crippen LogP contribution in [0.4, 0.5) is 13.2 Å². The van der Waals surface area contributed by atoms with Gasteiger partial charge in [-0.3, -0.25) is 9.59 Å². The summed E-state index contributed by atoms with van der Waals surface area (Å²) in [5.41, 5.74) is 0.833. The molecule has 4 rings (SSSR count). The summed E-state index contributed by atoms with van der Waals surface area (Å²) in [6.45, 7) is 2.05. The van der Waals surface area contributed by atoms with E-state index >= 15 is 0 Å². The van der Waals surface area contributed by atoms with E-state index in [0.29, 0.717) is 24.9 Å². The highest BCUT2D eigenvalue weighted by molar-refractivity contribution is 5.87. The minimum absolute atomic E-state index is 0.0123. The van der Waals surface area contributed by atoms with Crippen LogP contribution in [0.1, 0.15) is 36.0 Å². The van der Waals surface area contributed by atoms with E-state index in [1.807, 2.05) is 30.3 Å². The predicted molar refractivity (Wildman–Crippen MR) is 123 cm³/mol. The molecule has 2 fully saturated rings. The molecule has 0 radical (unpaired) electrons. The third-order valence-corrected chi connectivity index (χ3v) is 6.73. The molecule has 0 aliphatic carbocycles. The molecule has 2 amide bonds. The fourth-order valence-corrected chi connectivity index (χ4v) is 4.86. The average Bonchev–Trinajstić information content (AvgIpc) is 2.84. The highest BCUT2D eigenvalue weighted by Gasteiger charge is 2.37. The number of amides is 2. The van der Waals surface area contributed by atoms with Gasteiger partial charge in [0, 0.05) is 19.0 Å². The summed E-state index contributed by atoms with van der Waals surface area (Å²) in [4.78, 5) is 29.7. The monoisotopic (exact) mass is 473 g/mol. The Labute approximate surface area is 197 Å². The molecule has 0 aromatic heterocycles. The topological polar surface area (TPSA) is 52.7 Å². The van der Waals surface area contributed by atoms with Crippen LogP contribution < -0.4 is 5.32 Å². The van der Waals surface area contributed by atoms with Crippen LogP contribution in [-0.4, -0.2) is 53.8 Å². The van der Waals surface area contributed by atoms with Gasteiger partial charge < -0.3 is 15.1 Å². The molecule has 0 unspecified atom stereocenters. The van der Waals surface area contributed by atoms with E-state index in [1.165, 1.54) is 6.07 Å². The number of hydrogen-bond donors (Lipinski definition) is 1. The van der Waals surface area contributed by atoms with Crippen molar-refractivity contribution in [2.24, 2.45) is 5.92 Å². The summed E-state index contributed by atoms with van der Waals surface area (Å²) >= 11 is 0. The average molecular weight is 474 g/mol. The van der Waals surface area contributed by atoms with E-state index in [9.17, 15) is 22.8 Å². The fourth-order valence-electron chi connectivity index (χ4n) is 4.86. The molecule has 1 atom stereocenters. The second-order valence-corrected chi connectivity index (χ2v) is 9.14. The zero-order valence-electron chi connectivity index (χ0n) is 19.1. The SMILES string of the molecule is O=C(C1CCNCC1)N1CC(=O)N(Cc2cccc(C(F)(F)F)c2)[C@@H](CCc2ccccc2)C1. The Bertz CT molecular complexity index is 990. The molecule has 8 heteroatoms. The first-order valence-corrected chi connectivity index (χ1v) is 11.8. The lowest BCUT2D eigenvalue weighted by Gasteiger charge is -2.42. The smallest absolute Gasteiger partial charge is 0.332 e. The standard InChI is InChI=1S/C26H30F3N3O2/c27-26(28,29)22-8-4-7-20(15-22)16-32-23(10-9-19-5-2-1-3-6-19)17-31(18-24(32)33)25(34)21-11-13-30-14-12-21/h1-8,15,21,23,30H,9-14,16-18H2/t23-/m0/s1. The lowest BCUT2D eigenvalue weighted by atomic mass is 9.94. The molecule has 0 bridgehead atoms. The fraction of sp³-hybridized carbons (Fsp3) is 0.462. The van der Waals surface area contributed by atoms with Gasteiger partial charge in [0.25, 0.3) is 0 Å². The third-order valence-electron chi connectivity index (χ3n) is 6.73. The van der Waals surface area contributed by atoms with E-state index in [0.717, 1.165) is 43.6 Å². The number of benzene rings is 2. The molecule has 2 aliphatic rings. The molecule has 2 aromatic rings. The molecule has 182 valence electrons. The zero-order chi connectivity index (χ0) is 24.1. The van der Waals surface area contributed by atoms with E-state index in [-0.39, 0.29) is 36.9 Å². The van der Waals surface area contributed by atoms with Crippen molar-refractivity contribution in [3.8, 4) is 0 Å². The van der Waals surface area contributed by atoms with Gasteiger partial charge >= 0.3 is 6.18 Å². The summed E-state index contributed by atoms with van der Waals surface area (Å²) in [7, 11) is 0. The Morgan fingerprint density at radius 3 is 2.41 bits per heavy atom. The summed E-state index contributed by atoms with van der Waals surface area (Å²) in [6, 6.07) is 14.7. The van der Waals surface area contributed by atoms with Crippen LogP contribution in [0.15, 0.2) is 54.6 Å². The Kier molecular flexibility index (Phi) is 7.56. The molecule has 5 nitrogen and oxygen atoms in total. The minimum atomic E-state index is -4.44. The number of aryl methyl sites for hydroxylation is 1. The Hall–Kier alpha value is -2.87. The van der Waals surface area contributed by atoms with Crippen molar-refractivity contribution in [2.45, 2.75) is 44.4 Å². The second-order valence-electron chi connectivity index (χ2n) is 9.14. The highest BCUT2D eigenvalue weighted by Crippen LogP contribution is 2.30. The number of hydrogen-bond acceptors (Lipinski definition) is 3. The number of nitrogens with zero attached hydrogens (tertiary/aromatic N) is 2. The van der Waals surface area contributed by atoms with Crippen LogP contribution >= 0.6 is 0 Å². The molecular formula is C26H30F3N3O2. The first-order valence-electron chi connectivity index (χ1n) is 11.8. The van der Waals surface area contributed by atoms with Crippen LogP contribution in [0.3, 0.4) is 0 Å². The number of piperazine rings is 1. The number of piperidine rings is 1. The van der Waals surface area contributed by atoms with Gasteiger partial charge in [-0.2, -0.15) is 13.2 Å². The molecular weight excluding hydrogens is 443 g/mol. The number of carbonyl (C=O) groups is 2. The van der Waals surface area contributed by atoms with Gasteiger partial charge in [0.2, 0.25) is 11.8 Å². The number of carbonyl (C=O) groups excluding carboxylic acids is 2. The summed E-state index contributed by atoms with van der Waals surface area (Å²) < 4.78 is 39.6. The maximum atomic E-state index is 13.2. The molecule has 2 saturated heterocycles. The highest BCUT2D eigenvalue weighted by atomic mass is 19.4. The van der Waals surface area contributed by atoms with Gasteiger partial charge in [0.1, 0.15) is 0 Å². The maximum Gasteiger partial charge on any atom is 0.416 e. The van der Waals surface area contributed by atoms with E-state index < -0.39 is 11.7 Å². The molecule has 0 saturated carbocycles. The van der Waals surface area contributed by atoms with Crippen LogP contribution in [0.5, 0.6) is 0 Å². The minimum Gasteiger partial charge on any atom is -0.332 e. The van der Waals surface area contributed by atoms with Crippen molar-refractivity contribution in [3.05, 3.63) is 71.3 Å². The van der Waals surface area contributed by atoms with Crippen molar-refractivity contribution >= 4 is 11.8 Å². The predicted octanol–water partition coefficient (Wildman–Crippen LogP) is 3.88. The Morgan fingerprint density at radius 2 is 1.71 bits per heavy atom. The van der Waals surface area contributed by atoms with Crippen molar-refractivity contribution in [3.63, 3.8) is 0 Å². The third kappa shape index (κ3) is 5.97. The molecule has 2 heterocycles. The summed E-state index contributed by atoms with van der Waals surface area (Å²) in [5.74, 6) is -0.291. The number of nitrogens with one attached hydrogen (secondary N) is 1. The maximum absolute atomic E-state index is 13.2. The lowest BCUT2D eigenvalue weighted by molar-refractivity contribution is -0.152. The summed E-state index contributed by atoms with van der Waals surface area (Å²) in [5, 5.41) is 3.25. The second kappa shape index (κ2) is 10.6. The van der Waals surface area contributed by atoms with Gasteiger partial charge in [-0.25, -0.2) is 0 Å². The molecule has 2 aromatic carbocycles. The first kappa shape index (κ1) is 24.3. The van der Waals surface area contributed by atoms with Gasteiger partial charge in [-0.1, -0.05) is 42.5 Å². The van der Waals surface area contributed by atoms with Gasteiger partial charge in [-0.05, 0) is 62.0 Å². The first-order chi connectivity index (χ1) is 16.3. The number of rotatable bonds is 6. The Balaban J connectivity index is 1.52. The van der Waals surface area contributed by atoms with E-state index in [2.05, 4.69) is 5.32 Å². The molecule has 1 N–H and O–H groups in total. The number of halogens is 3. The normalized spacial score (nSPS) is 20.0. The summed E-state index contributed by atoms with van der Waals surface area (Å²) in [6.07, 6.45) is -1.58. The van der Waals surface area contributed by atoms with Crippen LogP contribution in [-0.2, 0) is 28.7 Å². The molecule has 2 aliphatic heterocycles. The van der Waals surface area contributed by atoms with Gasteiger partial charge in [-0.15, -0.1) is 0 Å².